The second-order valence-electron chi connectivity index (χ2n) is 6.36. The largest absolute Gasteiger partial charge is 0.508 e. The zero-order valence-electron chi connectivity index (χ0n) is 12.5. The summed E-state index contributed by atoms with van der Waals surface area (Å²) in [6.07, 6.45) is 1.85. The summed E-state index contributed by atoms with van der Waals surface area (Å²) in [4.78, 5) is 13.5. The second kappa shape index (κ2) is 5.75. The number of fused-ring (bicyclic) bond motifs is 2. The lowest BCUT2D eigenvalue weighted by molar-refractivity contribution is -0.0461. The number of nitrogens with zero attached hydrogens (tertiary/aromatic N) is 1. The summed E-state index contributed by atoms with van der Waals surface area (Å²) in [5.74, 6) is 0.0828. The quantitative estimate of drug-likeness (QED) is 0.774. The van der Waals surface area contributed by atoms with Crippen molar-refractivity contribution in [1.82, 2.24) is 4.90 Å². The molecule has 0 saturated carbocycles. The molecule has 1 amide bonds. The predicted molar refractivity (Wildman–Crippen MR) is 72.8 cm³/mol. The molecule has 126 valence electrons. The predicted octanol–water partition coefficient (Wildman–Crippen LogP) is 3.10. The molecule has 3 atom stereocenters. The fraction of sp³-hybridized carbons (Fsp3) is 0.769. The number of hydrogen-bond acceptors (Lipinski definition) is 4. The van der Waals surface area contributed by atoms with Crippen molar-refractivity contribution in [2.45, 2.75) is 50.8 Å². The molecule has 2 aliphatic rings. The van der Waals surface area contributed by atoms with E-state index in [0.717, 1.165) is 0 Å². The highest BCUT2D eigenvalue weighted by molar-refractivity contribution is 7.81. The lowest BCUT2D eigenvalue weighted by atomic mass is 9.95. The van der Waals surface area contributed by atoms with Crippen LogP contribution in [-0.2, 0) is 20.0 Å². The summed E-state index contributed by atoms with van der Waals surface area (Å²) >= 11 is -3.43. The monoisotopic (exact) mass is 341 g/mol. The van der Waals surface area contributed by atoms with Gasteiger partial charge in [-0.25, -0.2) is 9.00 Å². The Morgan fingerprint density at radius 3 is 2.55 bits per heavy atom. The Bertz CT molecular complexity index is 512. The van der Waals surface area contributed by atoms with Gasteiger partial charge in [0.1, 0.15) is 11.4 Å². The van der Waals surface area contributed by atoms with E-state index in [1.54, 1.807) is 20.8 Å². The maximum Gasteiger partial charge on any atom is 0.508 e. The van der Waals surface area contributed by atoms with E-state index in [1.807, 2.05) is 0 Å². The Morgan fingerprint density at radius 1 is 1.36 bits per heavy atom. The number of alkyl halides is 3. The molecule has 0 N–H and O–H groups in total. The first-order chi connectivity index (χ1) is 9.97. The molecule has 1 fully saturated rings. The van der Waals surface area contributed by atoms with E-state index in [-0.39, 0.29) is 11.7 Å². The molecule has 0 spiro atoms. The van der Waals surface area contributed by atoms with Crippen molar-refractivity contribution in [2.24, 2.45) is 5.92 Å². The smallest absolute Gasteiger partial charge is 0.444 e. The number of ether oxygens (including phenoxy) is 1. The maximum absolute atomic E-state index is 12.4. The van der Waals surface area contributed by atoms with Gasteiger partial charge in [-0.1, -0.05) is 0 Å². The fourth-order valence-electron chi connectivity index (χ4n) is 2.53. The molecule has 9 heteroatoms. The van der Waals surface area contributed by atoms with Crippen LogP contribution in [0.5, 0.6) is 0 Å². The maximum atomic E-state index is 12.4. The molecule has 2 bridgehead atoms. The highest BCUT2D eigenvalue weighted by Crippen LogP contribution is 2.38. The first-order valence-corrected chi connectivity index (χ1v) is 7.91. The average Bonchev–Trinajstić information content (AvgIpc) is 2.68. The summed E-state index contributed by atoms with van der Waals surface area (Å²) < 4.78 is 58.0. The van der Waals surface area contributed by atoms with E-state index in [1.165, 1.54) is 11.0 Å². The molecule has 1 aliphatic heterocycles. The van der Waals surface area contributed by atoms with Crippen LogP contribution in [0.25, 0.3) is 0 Å². The zero-order chi connectivity index (χ0) is 16.7. The van der Waals surface area contributed by atoms with Crippen LogP contribution in [0.1, 0.15) is 33.6 Å². The van der Waals surface area contributed by atoms with E-state index in [0.29, 0.717) is 19.4 Å². The Labute approximate surface area is 129 Å². The van der Waals surface area contributed by atoms with Crippen molar-refractivity contribution in [3.63, 3.8) is 0 Å². The SMILES string of the molecule is CC(C)(C)OC(=O)N1CC2CC=C(OS(=O)C(F)(F)F)C1C2. The zero-order valence-corrected chi connectivity index (χ0v) is 13.3. The van der Waals surface area contributed by atoms with Gasteiger partial charge in [0.2, 0.25) is 0 Å². The summed E-state index contributed by atoms with van der Waals surface area (Å²) in [6.45, 7) is 5.51. The Hall–Kier alpha value is -1.25. The highest BCUT2D eigenvalue weighted by Gasteiger charge is 2.46. The molecule has 5 nitrogen and oxygen atoms in total. The van der Waals surface area contributed by atoms with E-state index < -0.39 is 34.3 Å². The van der Waals surface area contributed by atoms with Crippen LogP contribution in [0, 0.1) is 5.92 Å². The Kier molecular flexibility index (Phi) is 4.47. The van der Waals surface area contributed by atoms with Gasteiger partial charge >= 0.3 is 22.7 Å². The van der Waals surface area contributed by atoms with Gasteiger partial charge in [-0.2, -0.15) is 13.2 Å². The van der Waals surface area contributed by atoms with Crippen LogP contribution >= 0.6 is 0 Å². The highest BCUT2D eigenvalue weighted by atomic mass is 32.2. The van der Waals surface area contributed by atoms with Crippen molar-refractivity contribution >= 4 is 17.2 Å². The molecule has 1 saturated heterocycles. The topological polar surface area (TPSA) is 55.8 Å². The molecule has 0 aromatic carbocycles. The molecular weight excluding hydrogens is 323 g/mol. The van der Waals surface area contributed by atoms with Crippen LogP contribution in [0.4, 0.5) is 18.0 Å². The number of carbonyl (C=O) groups excluding carboxylic acids is 1. The number of carbonyl (C=O) groups is 1. The van der Waals surface area contributed by atoms with Gasteiger partial charge in [0.25, 0.3) is 0 Å². The van der Waals surface area contributed by atoms with Crippen LogP contribution in [0.3, 0.4) is 0 Å². The number of halogens is 3. The Balaban J connectivity index is 2.10. The van der Waals surface area contributed by atoms with Crippen molar-refractivity contribution in [3.8, 4) is 0 Å². The van der Waals surface area contributed by atoms with Crippen LogP contribution in [-0.4, -0.2) is 38.9 Å². The first kappa shape index (κ1) is 17.1. The molecule has 22 heavy (non-hydrogen) atoms. The summed E-state index contributed by atoms with van der Waals surface area (Å²) in [6, 6.07) is -0.653. The standard InChI is InChI=1S/C13H18F3NO4S/c1-12(2,3)20-11(18)17-7-8-4-5-10(9(17)6-8)21-22(19)13(14,15)16/h5,8-9H,4,6-7H2,1-3H3. The third-order valence-corrected chi connectivity index (χ3v) is 4.08. The lowest BCUT2D eigenvalue weighted by Gasteiger charge is -2.29. The molecule has 0 radical (unpaired) electrons. The molecule has 2 rings (SSSR count). The Morgan fingerprint density at radius 2 is 2.00 bits per heavy atom. The molecule has 1 heterocycles. The van der Waals surface area contributed by atoms with E-state index in [2.05, 4.69) is 4.18 Å². The van der Waals surface area contributed by atoms with Crippen LogP contribution in [0.15, 0.2) is 11.8 Å². The number of allylic oxidation sites excluding steroid dienone is 1. The minimum Gasteiger partial charge on any atom is -0.444 e. The summed E-state index contributed by atoms with van der Waals surface area (Å²) in [5, 5.41) is 0. The number of hydrogen-bond donors (Lipinski definition) is 0. The minimum absolute atomic E-state index is 0.0738. The average molecular weight is 341 g/mol. The number of rotatable bonds is 2. The fourth-order valence-corrected chi connectivity index (χ4v) is 2.98. The third kappa shape index (κ3) is 3.93. The van der Waals surface area contributed by atoms with Crippen LogP contribution in [0.2, 0.25) is 0 Å². The molecule has 0 aromatic heterocycles. The van der Waals surface area contributed by atoms with Crippen molar-refractivity contribution < 1.29 is 31.1 Å². The minimum atomic E-state index is -4.95. The molecule has 1 aliphatic carbocycles. The van der Waals surface area contributed by atoms with Gasteiger partial charge in [-0.3, -0.25) is 4.90 Å². The van der Waals surface area contributed by atoms with Crippen molar-refractivity contribution in [3.05, 3.63) is 11.8 Å². The van der Waals surface area contributed by atoms with E-state index in [4.69, 9.17) is 4.74 Å². The third-order valence-electron chi connectivity index (χ3n) is 3.36. The van der Waals surface area contributed by atoms with Crippen molar-refractivity contribution in [1.29, 1.82) is 0 Å². The van der Waals surface area contributed by atoms with Gasteiger partial charge in [0.05, 0.1) is 6.04 Å². The summed E-state index contributed by atoms with van der Waals surface area (Å²) in [7, 11) is 0. The normalized spacial score (nSPS) is 26.5. The lowest BCUT2D eigenvalue weighted by Crippen LogP contribution is -2.41. The molecule has 3 unspecified atom stereocenters. The van der Waals surface area contributed by atoms with Gasteiger partial charge < -0.3 is 8.92 Å². The molecule has 0 aromatic rings. The molecular formula is C13H18F3NO4S. The van der Waals surface area contributed by atoms with E-state index >= 15 is 0 Å². The number of likely N-dealkylation sites (tertiary alicyclic amines) is 1. The van der Waals surface area contributed by atoms with Gasteiger partial charge in [0, 0.05) is 6.54 Å². The number of amides is 1. The van der Waals surface area contributed by atoms with Crippen LogP contribution < -0.4 is 0 Å². The van der Waals surface area contributed by atoms with Gasteiger partial charge in [-0.05, 0) is 45.6 Å². The van der Waals surface area contributed by atoms with Crippen molar-refractivity contribution in [2.75, 3.05) is 6.54 Å². The van der Waals surface area contributed by atoms with Gasteiger partial charge in [-0.15, -0.1) is 0 Å². The first-order valence-electron chi connectivity index (χ1n) is 6.84. The second-order valence-corrected chi connectivity index (χ2v) is 7.46. The van der Waals surface area contributed by atoms with Gasteiger partial charge in [0.15, 0.2) is 0 Å². The van der Waals surface area contributed by atoms with E-state index in [9.17, 15) is 22.2 Å². The summed E-state index contributed by atoms with van der Waals surface area (Å²) in [5.41, 5.74) is -5.65.